The number of phenols is 2. The van der Waals surface area contributed by atoms with Crippen LogP contribution in [-0.4, -0.2) is 28.7 Å². The van der Waals surface area contributed by atoms with Gasteiger partial charge >= 0.3 is 0 Å². The first-order valence-corrected chi connectivity index (χ1v) is 7.64. The summed E-state index contributed by atoms with van der Waals surface area (Å²) < 4.78 is 1.14. The van der Waals surface area contributed by atoms with Crippen molar-refractivity contribution < 1.29 is 10.2 Å². The number of halogens is 1. The number of thiophene rings is 1. The van der Waals surface area contributed by atoms with Crippen molar-refractivity contribution in [3.05, 3.63) is 44.1 Å². The number of likely N-dealkylation sites (N-methyl/N-ethyl adjacent to an activating group) is 1. The van der Waals surface area contributed by atoms with Crippen LogP contribution in [0.5, 0.6) is 11.5 Å². The summed E-state index contributed by atoms with van der Waals surface area (Å²) in [5.74, 6) is 0.115. The number of nitrogens with zero attached hydrogens (tertiary/aromatic N) is 1. The number of hydrogen-bond acceptors (Lipinski definition) is 4. The molecule has 0 aliphatic carbocycles. The minimum atomic E-state index is -0.0698. The molecule has 1 unspecified atom stereocenters. The summed E-state index contributed by atoms with van der Waals surface area (Å²) in [6.07, 6.45) is 0. The van der Waals surface area contributed by atoms with Gasteiger partial charge in [0.2, 0.25) is 0 Å². The van der Waals surface area contributed by atoms with Crippen LogP contribution in [0.15, 0.2) is 28.1 Å². The van der Waals surface area contributed by atoms with Crippen LogP contribution in [0.3, 0.4) is 0 Å². The van der Waals surface area contributed by atoms with Gasteiger partial charge in [0.25, 0.3) is 0 Å². The molecular formula is C14H14BrNO2S. The average Bonchev–Trinajstić information content (AvgIpc) is 2.72. The molecule has 1 aromatic heterocycles. The van der Waals surface area contributed by atoms with Crippen molar-refractivity contribution in [1.29, 1.82) is 0 Å². The predicted octanol–water partition coefficient (Wildman–Crippen LogP) is 3.50. The SMILES string of the molecule is CN1Cc2sc(Br)cc2C(c2ccc(O)c(O)c2)C1. The van der Waals surface area contributed by atoms with Gasteiger partial charge in [-0.1, -0.05) is 6.07 Å². The smallest absolute Gasteiger partial charge is 0.157 e. The fraction of sp³-hybridized carbons (Fsp3) is 0.286. The minimum Gasteiger partial charge on any atom is -0.504 e. The molecule has 0 saturated heterocycles. The normalized spacial score (nSPS) is 19.4. The lowest BCUT2D eigenvalue weighted by molar-refractivity contribution is 0.299. The van der Waals surface area contributed by atoms with Gasteiger partial charge in [-0.05, 0) is 52.3 Å². The van der Waals surface area contributed by atoms with E-state index in [4.69, 9.17) is 0 Å². The van der Waals surface area contributed by atoms with Gasteiger partial charge in [0.05, 0.1) is 3.79 Å². The monoisotopic (exact) mass is 339 g/mol. The first kappa shape index (κ1) is 13.0. The maximum Gasteiger partial charge on any atom is 0.157 e. The van der Waals surface area contributed by atoms with E-state index in [-0.39, 0.29) is 17.4 Å². The second-order valence-corrected chi connectivity index (χ2v) is 7.44. The highest BCUT2D eigenvalue weighted by atomic mass is 79.9. The van der Waals surface area contributed by atoms with Gasteiger partial charge in [-0.15, -0.1) is 11.3 Å². The molecule has 3 rings (SSSR count). The maximum absolute atomic E-state index is 9.68. The first-order valence-electron chi connectivity index (χ1n) is 6.03. The Morgan fingerprint density at radius 1 is 1.26 bits per heavy atom. The van der Waals surface area contributed by atoms with Crippen molar-refractivity contribution in [1.82, 2.24) is 4.90 Å². The van der Waals surface area contributed by atoms with Gasteiger partial charge in [0.15, 0.2) is 11.5 Å². The van der Waals surface area contributed by atoms with E-state index >= 15 is 0 Å². The van der Waals surface area contributed by atoms with E-state index in [1.807, 2.05) is 6.07 Å². The summed E-state index contributed by atoms with van der Waals surface area (Å²) in [4.78, 5) is 3.64. The molecule has 5 heteroatoms. The van der Waals surface area contributed by atoms with Gasteiger partial charge in [0.1, 0.15) is 0 Å². The Morgan fingerprint density at radius 3 is 2.79 bits per heavy atom. The van der Waals surface area contributed by atoms with E-state index in [0.717, 1.165) is 22.4 Å². The number of benzene rings is 1. The quantitative estimate of drug-likeness (QED) is 0.781. The average molecular weight is 340 g/mol. The first-order chi connectivity index (χ1) is 9.04. The Morgan fingerprint density at radius 2 is 2.05 bits per heavy atom. The third-order valence-electron chi connectivity index (χ3n) is 3.50. The molecule has 3 nitrogen and oxygen atoms in total. The third kappa shape index (κ3) is 2.38. The molecular weight excluding hydrogens is 326 g/mol. The molecule has 2 heterocycles. The Kier molecular flexibility index (Phi) is 3.28. The zero-order chi connectivity index (χ0) is 13.6. The van der Waals surface area contributed by atoms with Crippen LogP contribution in [0, 0.1) is 0 Å². The van der Waals surface area contributed by atoms with Gasteiger partial charge in [-0.2, -0.15) is 0 Å². The number of hydrogen-bond donors (Lipinski definition) is 2. The highest BCUT2D eigenvalue weighted by Crippen LogP contribution is 2.41. The molecule has 0 amide bonds. The highest BCUT2D eigenvalue weighted by Gasteiger charge is 2.27. The van der Waals surface area contributed by atoms with Crippen LogP contribution in [0.4, 0.5) is 0 Å². The number of fused-ring (bicyclic) bond motifs is 1. The third-order valence-corrected chi connectivity index (χ3v) is 5.14. The summed E-state index contributed by atoms with van der Waals surface area (Å²) in [5.41, 5.74) is 2.36. The standard InChI is InChI=1S/C14H14BrNO2S/c1-16-6-10(8-2-3-11(17)12(18)4-8)9-5-14(15)19-13(9)7-16/h2-5,10,17-18H,6-7H2,1H3. The molecule has 0 radical (unpaired) electrons. The molecule has 0 bridgehead atoms. The fourth-order valence-electron chi connectivity index (χ4n) is 2.59. The predicted molar refractivity (Wildman–Crippen MR) is 80.0 cm³/mol. The number of phenolic OH excluding ortho intramolecular Hbond substituents is 2. The van der Waals surface area contributed by atoms with Crippen molar-refractivity contribution in [3.8, 4) is 11.5 Å². The van der Waals surface area contributed by atoms with Crippen LogP contribution < -0.4 is 0 Å². The van der Waals surface area contributed by atoms with E-state index in [1.54, 1.807) is 23.5 Å². The van der Waals surface area contributed by atoms with Gasteiger partial charge in [-0.25, -0.2) is 0 Å². The summed E-state index contributed by atoms with van der Waals surface area (Å²) >= 11 is 5.31. The van der Waals surface area contributed by atoms with Crippen LogP contribution >= 0.6 is 27.3 Å². The summed E-state index contributed by atoms with van der Waals surface area (Å²) in [7, 11) is 2.10. The molecule has 100 valence electrons. The lowest BCUT2D eigenvalue weighted by Gasteiger charge is -2.30. The van der Waals surface area contributed by atoms with E-state index in [1.165, 1.54) is 10.4 Å². The Bertz CT molecular complexity index is 626. The van der Waals surface area contributed by atoms with E-state index < -0.39 is 0 Å². The van der Waals surface area contributed by atoms with Crippen molar-refractivity contribution in [2.75, 3.05) is 13.6 Å². The van der Waals surface area contributed by atoms with Crippen molar-refractivity contribution in [2.45, 2.75) is 12.5 Å². The molecule has 1 atom stereocenters. The zero-order valence-corrected chi connectivity index (χ0v) is 12.8. The second kappa shape index (κ2) is 4.81. The fourth-order valence-corrected chi connectivity index (χ4v) is 4.45. The molecule has 0 fully saturated rings. The largest absolute Gasteiger partial charge is 0.504 e. The lowest BCUT2D eigenvalue weighted by atomic mass is 9.88. The van der Waals surface area contributed by atoms with Gasteiger partial charge in [0, 0.05) is 23.9 Å². The van der Waals surface area contributed by atoms with Gasteiger partial charge < -0.3 is 15.1 Å². The maximum atomic E-state index is 9.68. The molecule has 1 aromatic carbocycles. The van der Waals surface area contributed by atoms with Crippen molar-refractivity contribution >= 4 is 27.3 Å². The molecule has 2 aromatic rings. The van der Waals surface area contributed by atoms with Crippen LogP contribution in [0.25, 0.3) is 0 Å². The van der Waals surface area contributed by atoms with E-state index in [0.29, 0.717) is 0 Å². The number of rotatable bonds is 1. The Labute approximate surface area is 124 Å². The summed E-state index contributed by atoms with van der Waals surface area (Å²) in [6, 6.07) is 7.27. The summed E-state index contributed by atoms with van der Waals surface area (Å²) in [5, 5.41) is 19.1. The molecule has 0 spiro atoms. The Balaban J connectivity index is 2.06. The van der Waals surface area contributed by atoms with E-state index in [9.17, 15) is 10.2 Å². The minimum absolute atomic E-state index is 0.0541. The molecule has 0 saturated carbocycles. The van der Waals surface area contributed by atoms with Gasteiger partial charge in [-0.3, -0.25) is 0 Å². The molecule has 19 heavy (non-hydrogen) atoms. The summed E-state index contributed by atoms with van der Waals surface area (Å²) in [6.45, 7) is 1.88. The number of aromatic hydroxyl groups is 2. The molecule has 2 N–H and O–H groups in total. The highest BCUT2D eigenvalue weighted by molar-refractivity contribution is 9.11. The molecule has 1 aliphatic heterocycles. The Hall–Kier alpha value is -1.04. The zero-order valence-electron chi connectivity index (χ0n) is 10.4. The van der Waals surface area contributed by atoms with Crippen molar-refractivity contribution in [3.63, 3.8) is 0 Å². The van der Waals surface area contributed by atoms with Crippen LogP contribution in [-0.2, 0) is 6.54 Å². The topological polar surface area (TPSA) is 43.7 Å². The van der Waals surface area contributed by atoms with E-state index in [2.05, 4.69) is 33.9 Å². The second-order valence-electron chi connectivity index (χ2n) is 4.93. The molecule has 1 aliphatic rings. The van der Waals surface area contributed by atoms with Crippen LogP contribution in [0.2, 0.25) is 0 Å². The van der Waals surface area contributed by atoms with Crippen molar-refractivity contribution in [2.24, 2.45) is 0 Å². The lowest BCUT2D eigenvalue weighted by Crippen LogP contribution is -2.29. The van der Waals surface area contributed by atoms with Crippen LogP contribution in [0.1, 0.15) is 21.9 Å².